The van der Waals surface area contributed by atoms with Crippen LogP contribution in [-0.4, -0.2) is 39.9 Å². The van der Waals surface area contributed by atoms with Gasteiger partial charge >= 0.3 is 0 Å². The summed E-state index contributed by atoms with van der Waals surface area (Å²) in [6.45, 7) is 0.935. The number of aromatic nitrogens is 1. The summed E-state index contributed by atoms with van der Waals surface area (Å²) in [7, 11) is 0. The summed E-state index contributed by atoms with van der Waals surface area (Å²) in [6.07, 6.45) is 3.29. The van der Waals surface area contributed by atoms with Crippen molar-refractivity contribution in [1.29, 1.82) is 0 Å². The van der Waals surface area contributed by atoms with Crippen molar-refractivity contribution in [3.63, 3.8) is 0 Å². The molecule has 1 aromatic heterocycles. The van der Waals surface area contributed by atoms with Gasteiger partial charge in [-0.3, -0.25) is 14.6 Å². The summed E-state index contributed by atoms with van der Waals surface area (Å²) in [5.41, 5.74) is 1.70. The van der Waals surface area contributed by atoms with E-state index in [0.29, 0.717) is 47.3 Å². The Kier molecular flexibility index (Phi) is 6.42. The maximum Gasteiger partial charge on any atom is 0.295 e. The largest absolute Gasteiger partial charge is 0.507 e. The Hall–Kier alpha value is -5.11. The van der Waals surface area contributed by atoms with E-state index in [2.05, 4.69) is 4.98 Å². The van der Waals surface area contributed by atoms with E-state index in [9.17, 15) is 14.7 Å². The van der Waals surface area contributed by atoms with Gasteiger partial charge in [-0.1, -0.05) is 36.4 Å². The van der Waals surface area contributed by atoms with E-state index in [4.69, 9.17) is 14.2 Å². The molecule has 1 saturated heterocycles. The third-order valence-electron chi connectivity index (χ3n) is 6.58. The summed E-state index contributed by atoms with van der Waals surface area (Å²) in [5, 5.41) is 11.5. The number of carbonyl (C=O) groups is 2. The Bertz CT molecular complexity index is 1570. The third kappa shape index (κ3) is 4.80. The molecule has 1 N–H and O–H groups in total. The molecule has 8 nitrogen and oxygen atoms in total. The Morgan fingerprint density at radius 3 is 2.49 bits per heavy atom. The van der Waals surface area contributed by atoms with E-state index >= 15 is 0 Å². The minimum Gasteiger partial charge on any atom is -0.507 e. The molecule has 6 rings (SSSR count). The average molecular weight is 521 g/mol. The Labute approximate surface area is 224 Å². The lowest BCUT2D eigenvalue weighted by atomic mass is 9.95. The van der Waals surface area contributed by atoms with Crippen LogP contribution in [0.3, 0.4) is 0 Å². The van der Waals surface area contributed by atoms with Gasteiger partial charge in [-0.2, -0.15) is 0 Å². The number of likely N-dealkylation sites (tertiary alicyclic amines) is 1. The van der Waals surface area contributed by atoms with Gasteiger partial charge in [0.05, 0.1) is 11.6 Å². The zero-order chi connectivity index (χ0) is 26.8. The lowest BCUT2D eigenvalue weighted by Gasteiger charge is -2.26. The van der Waals surface area contributed by atoms with E-state index in [1.54, 1.807) is 54.9 Å². The highest BCUT2D eigenvalue weighted by atomic mass is 16.6. The van der Waals surface area contributed by atoms with Crippen molar-refractivity contribution >= 4 is 17.4 Å². The zero-order valence-corrected chi connectivity index (χ0v) is 20.8. The fourth-order valence-corrected chi connectivity index (χ4v) is 4.80. The number of fused-ring (bicyclic) bond motifs is 1. The number of hydrogen-bond donors (Lipinski definition) is 1. The number of carbonyl (C=O) groups excluding carboxylic acids is 2. The molecule has 0 saturated carbocycles. The Morgan fingerprint density at radius 2 is 1.69 bits per heavy atom. The standard InChI is InChI=1S/C31H24N2O6/c34-29(22-11-12-25-26(17-22)38-15-14-37-25)27-28(33(31(36)30(27)35)19-20-6-5-13-32-18-20)21-7-4-10-24(16-21)39-23-8-2-1-3-9-23/h1-13,16-18,28,34H,14-15,19H2. The minimum absolute atomic E-state index is 0.0163. The maximum absolute atomic E-state index is 13.5. The van der Waals surface area contributed by atoms with Gasteiger partial charge in [0.2, 0.25) is 0 Å². The van der Waals surface area contributed by atoms with E-state index < -0.39 is 17.7 Å². The fourth-order valence-electron chi connectivity index (χ4n) is 4.80. The average Bonchev–Trinajstić information content (AvgIpc) is 3.22. The van der Waals surface area contributed by atoms with Crippen LogP contribution in [0.25, 0.3) is 5.76 Å². The number of para-hydroxylation sites is 1. The zero-order valence-electron chi connectivity index (χ0n) is 20.8. The molecular weight excluding hydrogens is 496 g/mol. The van der Waals surface area contributed by atoms with Crippen LogP contribution in [0.5, 0.6) is 23.0 Å². The lowest BCUT2D eigenvalue weighted by Crippen LogP contribution is -2.29. The van der Waals surface area contributed by atoms with Gasteiger partial charge in [-0.25, -0.2) is 0 Å². The first-order valence-corrected chi connectivity index (χ1v) is 12.5. The van der Waals surface area contributed by atoms with E-state index in [-0.39, 0.29) is 17.9 Å². The predicted octanol–water partition coefficient (Wildman–Crippen LogP) is 5.27. The smallest absolute Gasteiger partial charge is 0.295 e. The topological polar surface area (TPSA) is 98.2 Å². The normalized spacial score (nSPS) is 17.7. The molecular formula is C31H24N2O6. The van der Waals surface area contributed by atoms with Crippen LogP contribution in [0.2, 0.25) is 0 Å². The number of aliphatic hydroxyl groups excluding tert-OH is 1. The number of hydrogen-bond acceptors (Lipinski definition) is 7. The first kappa shape index (κ1) is 24.2. The highest BCUT2D eigenvalue weighted by molar-refractivity contribution is 6.46. The molecule has 3 aromatic carbocycles. The minimum atomic E-state index is -0.863. The molecule has 0 radical (unpaired) electrons. The second kappa shape index (κ2) is 10.3. The second-order valence-electron chi connectivity index (χ2n) is 9.13. The van der Waals surface area contributed by atoms with Crippen LogP contribution in [0, 0.1) is 0 Å². The molecule has 4 aromatic rings. The van der Waals surface area contributed by atoms with Gasteiger partial charge in [0.25, 0.3) is 11.7 Å². The van der Waals surface area contributed by atoms with Gasteiger partial charge in [0.15, 0.2) is 11.5 Å². The van der Waals surface area contributed by atoms with Crippen molar-refractivity contribution in [2.24, 2.45) is 0 Å². The molecule has 1 unspecified atom stereocenters. The molecule has 194 valence electrons. The molecule has 8 heteroatoms. The van der Waals surface area contributed by atoms with Crippen molar-refractivity contribution in [1.82, 2.24) is 9.88 Å². The first-order chi connectivity index (χ1) is 19.1. The number of amides is 1. The first-order valence-electron chi connectivity index (χ1n) is 12.5. The maximum atomic E-state index is 13.5. The number of aliphatic hydroxyl groups is 1. The summed E-state index contributed by atoms with van der Waals surface area (Å²) < 4.78 is 17.3. The van der Waals surface area contributed by atoms with Gasteiger partial charge in [-0.15, -0.1) is 0 Å². The summed E-state index contributed by atoms with van der Waals surface area (Å²) in [5.74, 6) is 0.420. The van der Waals surface area contributed by atoms with Crippen LogP contribution in [0.15, 0.2) is 103 Å². The third-order valence-corrected chi connectivity index (χ3v) is 6.58. The van der Waals surface area contributed by atoms with Gasteiger partial charge < -0.3 is 24.2 Å². The summed E-state index contributed by atoms with van der Waals surface area (Å²) in [6, 6.07) is 24.2. The van der Waals surface area contributed by atoms with Crippen molar-refractivity contribution in [3.05, 3.63) is 120 Å². The molecule has 3 heterocycles. The van der Waals surface area contributed by atoms with Crippen LogP contribution in [0.1, 0.15) is 22.7 Å². The van der Waals surface area contributed by atoms with Crippen molar-refractivity contribution in [2.45, 2.75) is 12.6 Å². The predicted molar refractivity (Wildman–Crippen MR) is 142 cm³/mol. The van der Waals surface area contributed by atoms with Gasteiger partial charge in [0, 0.05) is 24.5 Å². The molecule has 39 heavy (non-hydrogen) atoms. The highest BCUT2D eigenvalue weighted by Gasteiger charge is 2.46. The number of pyridine rings is 1. The monoisotopic (exact) mass is 520 g/mol. The van der Waals surface area contributed by atoms with Crippen LogP contribution in [0.4, 0.5) is 0 Å². The van der Waals surface area contributed by atoms with E-state index in [1.165, 1.54) is 4.90 Å². The SMILES string of the molecule is O=C1C(=O)N(Cc2cccnc2)C(c2cccc(Oc3ccccc3)c2)C1=C(O)c1ccc2c(c1)OCCO2. The van der Waals surface area contributed by atoms with Gasteiger partial charge in [-0.05, 0) is 59.7 Å². The van der Waals surface area contributed by atoms with E-state index in [0.717, 1.165) is 5.56 Å². The van der Waals surface area contributed by atoms with Crippen LogP contribution >= 0.6 is 0 Å². The molecule has 1 atom stereocenters. The summed E-state index contributed by atoms with van der Waals surface area (Å²) in [4.78, 5) is 32.4. The molecule has 0 spiro atoms. The Balaban J connectivity index is 1.45. The number of ether oxygens (including phenoxy) is 3. The second-order valence-corrected chi connectivity index (χ2v) is 9.13. The number of Topliss-reactive ketones (excluding diaryl/α,β-unsaturated/α-hetero) is 1. The van der Waals surface area contributed by atoms with Crippen molar-refractivity contribution in [2.75, 3.05) is 13.2 Å². The molecule has 1 amide bonds. The molecule has 1 fully saturated rings. The Morgan fingerprint density at radius 1 is 0.897 bits per heavy atom. The van der Waals surface area contributed by atoms with Crippen LogP contribution in [-0.2, 0) is 16.1 Å². The molecule has 2 aliphatic heterocycles. The van der Waals surface area contributed by atoms with Crippen LogP contribution < -0.4 is 14.2 Å². The number of rotatable bonds is 6. The molecule has 0 aliphatic carbocycles. The fraction of sp³-hybridized carbons (Fsp3) is 0.129. The highest BCUT2D eigenvalue weighted by Crippen LogP contribution is 2.42. The van der Waals surface area contributed by atoms with Crippen molar-refractivity contribution < 1.29 is 28.9 Å². The lowest BCUT2D eigenvalue weighted by molar-refractivity contribution is -0.140. The molecule has 2 aliphatic rings. The quantitative estimate of drug-likeness (QED) is 0.210. The number of nitrogens with zero attached hydrogens (tertiary/aromatic N) is 2. The number of ketones is 1. The number of benzene rings is 3. The summed E-state index contributed by atoms with van der Waals surface area (Å²) >= 11 is 0. The van der Waals surface area contributed by atoms with Crippen molar-refractivity contribution in [3.8, 4) is 23.0 Å². The van der Waals surface area contributed by atoms with E-state index in [1.807, 2.05) is 42.5 Å². The molecule has 0 bridgehead atoms. The van der Waals surface area contributed by atoms with Gasteiger partial charge in [0.1, 0.15) is 30.5 Å².